The van der Waals surface area contributed by atoms with Gasteiger partial charge in [0, 0.05) is 32.8 Å². The monoisotopic (exact) mass is 480 g/mol. The lowest BCUT2D eigenvalue weighted by molar-refractivity contribution is 0.414. The summed E-state index contributed by atoms with van der Waals surface area (Å²) in [4.78, 5) is 4.26. The Labute approximate surface area is 176 Å². The van der Waals surface area contributed by atoms with Crippen molar-refractivity contribution in [2.24, 2.45) is 4.99 Å². The highest BCUT2D eigenvalue weighted by Crippen LogP contribution is 2.10. The van der Waals surface area contributed by atoms with E-state index in [2.05, 4.69) is 25.8 Å². The molecule has 2 heterocycles. The van der Waals surface area contributed by atoms with Crippen molar-refractivity contribution in [2.45, 2.75) is 19.4 Å². The number of halogens is 1. The molecule has 8 heteroatoms. The van der Waals surface area contributed by atoms with Crippen molar-refractivity contribution in [3.05, 3.63) is 60.0 Å². The van der Waals surface area contributed by atoms with E-state index in [1.165, 1.54) is 5.56 Å². The minimum absolute atomic E-state index is 0. The third-order valence-corrected chi connectivity index (χ3v) is 4.10. The average molecular weight is 480 g/mol. The van der Waals surface area contributed by atoms with Crippen LogP contribution in [0.25, 0.3) is 5.65 Å². The molecule has 1 aromatic carbocycles. The molecule has 27 heavy (non-hydrogen) atoms. The molecule has 0 atom stereocenters. The fourth-order valence-electron chi connectivity index (χ4n) is 2.66. The van der Waals surface area contributed by atoms with Crippen LogP contribution in [0.2, 0.25) is 0 Å². The Morgan fingerprint density at radius 1 is 1.11 bits per heavy atom. The standard InChI is InChI=1S/C19H24N6O.HI/c1-20-19(22-14-15-8-10-16(26-2)11-9-15)21-12-5-7-18-24-23-17-6-3-4-13-25(17)18;/h3-4,6,8-11,13H,5,7,12,14H2,1-2H3,(H2,20,21,22);1H. The Morgan fingerprint density at radius 3 is 2.67 bits per heavy atom. The summed E-state index contributed by atoms with van der Waals surface area (Å²) in [7, 11) is 3.44. The minimum Gasteiger partial charge on any atom is -0.497 e. The predicted molar refractivity (Wildman–Crippen MR) is 118 cm³/mol. The molecule has 0 aliphatic carbocycles. The van der Waals surface area contributed by atoms with Gasteiger partial charge in [-0.2, -0.15) is 0 Å². The van der Waals surface area contributed by atoms with Gasteiger partial charge in [-0.1, -0.05) is 18.2 Å². The molecule has 144 valence electrons. The topological polar surface area (TPSA) is 75.8 Å². The van der Waals surface area contributed by atoms with E-state index in [0.717, 1.165) is 42.6 Å². The van der Waals surface area contributed by atoms with E-state index >= 15 is 0 Å². The summed E-state index contributed by atoms with van der Waals surface area (Å²) < 4.78 is 7.20. The van der Waals surface area contributed by atoms with Crippen molar-refractivity contribution < 1.29 is 4.74 Å². The summed E-state index contributed by atoms with van der Waals surface area (Å²) in [6.07, 6.45) is 3.79. The van der Waals surface area contributed by atoms with Crippen molar-refractivity contribution in [3.8, 4) is 5.75 Å². The lowest BCUT2D eigenvalue weighted by atomic mass is 10.2. The second-order valence-electron chi connectivity index (χ2n) is 5.85. The van der Waals surface area contributed by atoms with Crippen LogP contribution >= 0.6 is 24.0 Å². The molecular formula is C19H25IN6O. The SMILES string of the molecule is CN=C(NCCCc1nnc2ccccn12)NCc1ccc(OC)cc1.I. The van der Waals surface area contributed by atoms with Gasteiger partial charge in [0.15, 0.2) is 11.6 Å². The van der Waals surface area contributed by atoms with E-state index in [9.17, 15) is 0 Å². The van der Waals surface area contributed by atoms with Gasteiger partial charge in [-0.25, -0.2) is 0 Å². The first-order chi connectivity index (χ1) is 12.8. The molecule has 3 aromatic rings. The lowest BCUT2D eigenvalue weighted by Gasteiger charge is -2.12. The number of rotatable bonds is 7. The second-order valence-corrected chi connectivity index (χ2v) is 5.85. The van der Waals surface area contributed by atoms with E-state index in [0.29, 0.717) is 6.54 Å². The molecule has 0 unspecified atom stereocenters. The number of guanidine groups is 1. The molecule has 0 amide bonds. The van der Waals surface area contributed by atoms with Gasteiger partial charge < -0.3 is 15.4 Å². The van der Waals surface area contributed by atoms with Crippen LogP contribution in [0.15, 0.2) is 53.7 Å². The van der Waals surface area contributed by atoms with Crippen molar-refractivity contribution in [1.29, 1.82) is 0 Å². The summed E-state index contributed by atoms with van der Waals surface area (Å²) in [5, 5.41) is 15.1. The van der Waals surface area contributed by atoms with Crippen LogP contribution in [0.3, 0.4) is 0 Å². The van der Waals surface area contributed by atoms with E-state index in [4.69, 9.17) is 4.74 Å². The first kappa shape index (κ1) is 20.9. The lowest BCUT2D eigenvalue weighted by Crippen LogP contribution is -2.37. The van der Waals surface area contributed by atoms with Gasteiger partial charge >= 0.3 is 0 Å². The van der Waals surface area contributed by atoms with Crippen LogP contribution in [-0.4, -0.2) is 41.3 Å². The van der Waals surface area contributed by atoms with Crippen LogP contribution in [0.4, 0.5) is 0 Å². The zero-order valence-corrected chi connectivity index (χ0v) is 17.9. The molecule has 2 N–H and O–H groups in total. The first-order valence-corrected chi connectivity index (χ1v) is 8.66. The maximum atomic E-state index is 5.17. The molecule has 0 saturated heterocycles. The quantitative estimate of drug-likeness (QED) is 0.236. The molecular weight excluding hydrogens is 455 g/mol. The number of aromatic nitrogens is 3. The fourth-order valence-corrected chi connectivity index (χ4v) is 2.66. The summed E-state index contributed by atoms with van der Waals surface area (Å²) in [6, 6.07) is 13.9. The van der Waals surface area contributed by atoms with E-state index in [1.807, 2.05) is 53.1 Å². The van der Waals surface area contributed by atoms with Gasteiger partial charge in [0.25, 0.3) is 0 Å². The number of nitrogens with one attached hydrogen (secondary N) is 2. The Kier molecular flexibility index (Phi) is 8.31. The third-order valence-electron chi connectivity index (χ3n) is 4.10. The minimum atomic E-state index is 0. The fraction of sp³-hybridized carbons (Fsp3) is 0.316. The zero-order valence-electron chi connectivity index (χ0n) is 15.6. The number of pyridine rings is 1. The van der Waals surface area contributed by atoms with Crippen LogP contribution in [0.5, 0.6) is 5.75 Å². The molecule has 0 aliphatic heterocycles. The van der Waals surface area contributed by atoms with Gasteiger partial charge in [0.05, 0.1) is 7.11 Å². The van der Waals surface area contributed by atoms with Crippen molar-refractivity contribution in [3.63, 3.8) is 0 Å². The van der Waals surface area contributed by atoms with E-state index in [1.54, 1.807) is 14.2 Å². The number of hydrogen-bond donors (Lipinski definition) is 2. The maximum Gasteiger partial charge on any atom is 0.191 e. The zero-order chi connectivity index (χ0) is 18.2. The van der Waals surface area contributed by atoms with E-state index in [-0.39, 0.29) is 24.0 Å². The number of benzene rings is 1. The third kappa shape index (κ3) is 5.81. The van der Waals surface area contributed by atoms with Gasteiger partial charge in [-0.3, -0.25) is 9.39 Å². The molecule has 0 spiro atoms. The van der Waals surface area contributed by atoms with Crippen molar-refractivity contribution in [2.75, 3.05) is 20.7 Å². The summed E-state index contributed by atoms with van der Waals surface area (Å²) in [5.41, 5.74) is 2.05. The number of methoxy groups -OCH3 is 1. The van der Waals surface area contributed by atoms with E-state index < -0.39 is 0 Å². The average Bonchev–Trinajstić information content (AvgIpc) is 3.11. The van der Waals surface area contributed by atoms with Gasteiger partial charge in [-0.15, -0.1) is 34.2 Å². The summed E-state index contributed by atoms with van der Waals surface area (Å²) in [5.74, 6) is 2.62. The normalized spacial score (nSPS) is 11.1. The predicted octanol–water partition coefficient (Wildman–Crippen LogP) is 2.65. The van der Waals surface area contributed by atoms with Crippen molar-refractivity contribution >= 4 is 35.6 Å². The molecule has 7 nitrogen and oxygen atoms in total. The van der Waals surface area contributed by atoms with Crippen molar-refractivity contribution in [1.82, 2.24) is 25.2 Å². The summed E-state index contributed by atoms with van der Waals surface area (Å²) >= 11 is 0. The van der Waals surface area contributed by atoms with Gasteiger partial charge in [-0.05, 0) is 36.2 Å². The number of aryl methyl sites for hydroxylation is 1. The first-order valence-electron chi connectivity index (χ1n) is 8.66. The molecule has 2 aromatic heterocycles. The van der Waals surface area contributed by atoms with Gasteiger partial charge in [0.2, 0.25) is 0 Å². The van der Waals surface area contributed by atoms with Crippen LogP contribution < -0.4 is 15.4 Å². The maximum absolute atomic E-state index is 5.17. The summed E-state index contributed by atoms with van der Waals surface area (Å²) in [6.45, 7) is 1.52. The number of aliphatic imine (C=N–C) groups is 1. The number of fused-ring (bicyclic) bond motifs is 1. The second kappa shape index (κ2) is 10.7. The Morgan fingerprint density at radius 2 is 1.93 bits per heavy atom. The molecule has 0 fully saturated rings. The molecule has 0 radical (unpaired) electrons. The van der Waals surface area contributed by atoms with Crippen LogP contribution in [0, 0.1) is 0 Å². The molecule has 0 bridgehead atoms. The van der Waals surface area contributed by atoms with Crippen LogP contribution in [-0.2, 0) is 13.0 Å². The molecule has 0 aliphatic rings. The Balaban J connectivity index is 0.00000261. The number of hydrogen-bond acceptors (Lipinski definition) is 4. The molecule has 3 rings (SSSR count). The van der Waals surface area contributed by atoms with Crippen LogP contribution in [0.1, 0.15) is 17.8 Å². The highest BCUT2D eigenvalue weighted by molar-refractivity contribution is 14.0. The largest absolute Gasteiger partial charge is 0.497 e. The molecule has 0 saturated carbocycles. The number of nitrogens with zero attached hydrogens (tertiary/aromatic N) is 4. The highest BCUT2D eigenvalue weighted by Gasteiger charge is 2.04. The smallest absolute Gasteiger partial charge is 0.191 e. The highest BCUT2D eigenvalue weighted by atomic mass is 127. The van der Waals surface area contributed by atoms with Gasteiger partial charge in [0.1, 0.15) is 11.6 Å². The number of ether oxygens (including phenoxy) is 1. The Hall–Kier alpha value is -2.36. The Bertz CT molecular complexity index is 862.